The van der Waals surface area contributed by atoms with E-state index in [1.54, 1.807) is 6.92 Å². The van der Waals surface area contributed by atoms with Crippen LogP contribution in [-0.2, 0) is 23.3 Å². The molecule has 7 heteroatoms. The summed E-state index contributed by atoms with van der Waals surface area (Å²) in [6.45, 7) is 1.79. The largest absolute Gasteiger partial charge is 0.342 e. The summed E-state index contributed by atoms with van der Waals surface area (Å²) in [5.74, 6) is -3.41. The van der Waals surface area contributed by atoms with Gasteiger partial charge < -0.3 is 0 Å². The summed E-state index contributed by atoms with van der Waals surface area (Å²) in [6, 6.07) is 1.17. The van der Waals surface area contributed by atoms with Crippen molar-refractivity contribution in [1.82, 2.24) is 9.78 Å². The zero-order chi connectivity index (χ0) is 10.9. The van der Waals surface area contributed by atoms with Crippen LogP contribution >= 0.6 is 0 Å². The lowest BCUT2D eigenvalue weighted by Crippen LogP contribution is -2.12. The van der Waals surface area contributed by atoms with Gasteiger partial charge in [-0.3, -0.25) is 4.68 Å². The van der Waals surface area contributed by atoms with Gasteiger partial charge in [0.05, 0.1) is 0 Å². The van der Waals surface area contributed by atoms with Crippen LogP contribution in [0.1, 0.15) is 12.6 Å². The summed E-state index contributed by atoms with van der Waals surface area (Å²) in [4.78, 5) is 0. The van der Waals surface area contributed by atoms with Crippen LogP contribution in [0.15, 0.2) is 11.1 Å². The average Bonchev–Trinajstić information content (AvgIpc) is 2.47. The summed E-state index contributed by atoms with van der Waals surface area (Å²) in [7, 11) is -3.04. The van der Waals surface area contributed by atoms with E-state index in [4.69, 9.17) is 0 Å². The van der Waals surface area contributed by atoms with Crippen molar-refractivity contribution in [2.75, 3.05) is 0 Å². The molecule has 1 heterocycles. The third-order valence-corrected chi connectivity index (χ3v) is 3.09. The van der Waals surface area contributed by atoms with E-state index >= 15 is 0 Å². The van der Waals surface area contributed by atoms with Crippen LogP contribution in [0.25, 0.3) is 0 Å². The minimum atomic E-state index is -4.55. The molecule has 0 fully saturated rings. The van der Waals surface area contributed by atoms with Gasteiger partial charge in [-0.15, -0.1) is 0 Å². The Balaban J connectivity index is 3.22. The summed E-state index contributed by atoms with van der Waals surface area (Å²) < 4.78 is 47.5. The molecule has 0 N–H and O–H groups in total. The van der Waals surface area contributed by atoms with Gasteiger partial charge in [0, 0.05) is 12.7 Å². The molecule has 14 heavy (non-hydrogen) atoms. The third-order valence-electron chi connectivity index (χ3n) is 1.84. The number of aromatic nitrogens is 2. The molecular formula is C7H10F2N2O2S. The molecule has 80 valence electrons. The van der Waals surface area contributed by atoms with E-state index in [9.17, 15) is 17.2 Å². The SMILES string of the molecule is CCc1cc(S(=O)(=O)C(F)F)nn1C. The summed E-state index contributed by atoms with van der Waals surface area (Å²) in [5.41, 5.74) is 0.601. The topological polar surface area (TPSA) is 52.0 Å². The summed E-state index contributed by atoms with van der Waals surface area (Å²) >= 11 is 0. The first-order chi connectivity index (χ1) is 6.39. The Labute approximate surface area is 80.5 Å². The number of nitrogens with zero attached hydrogens (tertiary/aromatic N) is 2. The van der Waals surface area contributed by atoms with Gasteiger partial charge >= 0.3 is 5.76 Å². The molecule has 1 aromatic rings. The second-order valence-electron chi connectivity index (χ2n) is 2.76. The zero-order valence-electron chi connectivity index (χ0n) is 7.74. The van der Waals surface area contributed by atoms with Gasteiger partial charge in [-0.2, -0.15) is 13.9 Å². The first-order valence-corrected chi connectivity index (χ1v) is 5.49. The molecule has 1 rings (SSSR count). The molecule has 0 aliphatic carbocycles. The Morgan fingerprint density at radius 1 is 1.57 bits per heavy atom. The fourth-order valence-corrected chi connectivity index (χ4v) is 1.76. The van der Waals surface area contributed by atoms with E-state index in [0.29, 0.717) is 12.1 Å². The second kappa shape index (κ2) is 3.64. The maximum Gasteiger partial charge on any atom is 0.342 e. The third kappa shape index (κ3) is 1.77. The maximum absolute atomic E-state index is 12.1. The van der Waals surface area contributed by atoms with Gasteiger partial charge in [0.25, 0.3) is 9.84 Å². The molecule has 0 aliphatic rings. The highest BCUT2D eigenvalue weighted by Crippen LogP contribution is 2.17. The molecule has 0 aliphatic heterocycles. The first-order valence-electron chi connectivity index (χ1n) is 3.94. The Morgan fingerprint density at radius 2 is 2.14 bits per heavy atom. The average molecular weight is 224 g/mol. The smallest absolute Gasteiger partial charge is 0.271 e. The molecule has 0 saturated carbocycles. The first kappa shape index (κ1) is 11.1. The molecule has 0 saturated heterocycles. The standard InChI is InChI=1S/C7H10F2N2O2S/c1-3-5-4-6(10-11(5)2)14(12,13)7(8)9/h4,7H,3H2,1-2H3. The van der Waals surface area contributed by atoms with Crippen molar-refractivity contribution in [2.45, 2.75) is 24.1 Å². The van der Waals surface area contributed by atoms with E-state index in [1.807, 2.05) is 0 Å². The quantitative estimate of drug-likeness (QED) is 0.769. The molecule has 4 nitrogen and oxygen atoms in total. The fraction of sp³-hybridized carbons (Fsp3) is 0.571. The Morgan fingerprint density at radius 3 is 2.50 bits per heavy atom. The van der Waals surface area contributed by atoms with Crippen LogP contribution in [0, 0.1) is 0 Å². The van der Waals surface area contributed by atoms with Crippen LogP contribution in [-0.4, -0.2) is 24.0 Å². The van der Waals surface area contributed by atoms with Gasteiger partial charge in [-0.05, 0) is 12.5 Å². The fourth-order valence-electron chi connectivity index (χ4n) is 1.04. The van der Waals surface area contributed by atoms with E-state index in [-0.39, 0.29) is 0 Å². The van der Waals surface area contributed by atoms with E-state index in [0.717, 1.165) is 0 Å². The molecule has 0 unspecified atom stereocenters. The predicted molar refractivity (Wildman–Crippen MR) is 45.8 cm³/mol. The van der Waals surface area contributed by atoms with E-state index in [2.05, 4.69) is 5.10 Å². The maximum atomic E-state index is 12.1. The Hall–Kier alpha value is -0.980. The Kier molecular flexibility index (Phi) is 2.89. The molecule has 0 spiro atoms. The van der Waals surface area contributed by atoms with Crippen LogP contribution in [0.3, 0.4) is 0 Å². The van der Waals surface area contributed by atoms with Crippen molar-refractivity contribution in [3.05, 3.63) is 11.8 Å². The van der Waals surface area contributed by atoms with Crippen LogP contribution < -0.4 is 0 Å². The number of hydrogen-bond donors (Lipinski definition) is 0. The Bertz CT molecular complexity index is 425. The number of aryl methyl sites for hydroxylation is 2. The van der Waals surface area contributed by atoms with Crippen molar-refractivity contribution in [1.29, 1.82) is 0 Å². The van der Waals surface area contributed by atoms with Gasteiger partial charge in [0.2, 0.25) is 0 Å². The lowest BCUT2D eigenvalue weighted by molar-refractivity contribution is 0.234. The lowest BCUT2D eigenvalue weighted by atomic mass is 10.3. The van der Waals surface area contributed by atoms with Crippen molar-refractivity contribution in [3.8, 4) is 0 Å². The predicted octanol–water partition coefficient (Wildman–Crippen LogP) is 0.979. The zero-order valence-corrected chi connectivity index (χ0v) is 8.55. The van der Waals surface area contributed by atoms with Crippen LogP contribution in [0.4, 0.5) is 8.78 Å². The number of alkyl halides is 2. The minimum Gasteiger partial charge on any atom is -0.271 e. The molecule has 1 aromatic heterocycles. The highest BCUT2D eigenvalue weighted by Gasteiger charge is 2.29. The van der Waals surface area contributed by atoms with Crippen LogP contribution in [0.5, 0.6) is 0 Å². The van der Waals surface area contributed by atoms with Gasteiger partial charge in [-0.1, -0.05) is 6.92 Å². The molecule has 0 amide bonds. The number of sulfone groups is 1. The van der Waals surface area contributed by atoms with E-state index < -0.39 is 20.6 Å². The summed E-state index contributed by atoms with van der Waals surface area (Å²) in [6.07, 6.45) is 0.544. The minimum absolute atomic E-state index is 0.544. The van der Waals surface area contributed by atoms with Gasteiger partial charge in [-0.25, -0.2) is 8.42 Å². The summed E-state index contributed by atoms with van der Waals surface area (Å²) in [5, 5.41) is 2.96. The molecule has 0 atom stereocenters. The normalized spacial score (nSPS) is 12.4. The van der Waals surface area contributed by atoms with Crippen molar-refractivity contribution < 1.29 is 17.2 Å². The monoisotopic (exact) mass is 224 g/mol. The van der Waals surface area contributed by atoms with Crippen molar-refractivity contribution in [3.63, 3.8) is 0 Å². The van der Waals surface area contributed by atoms with Crippen molar-refractivity contribution >= 4 is 9.84 Å². The lowest BCUT2D eigenvalue weighted by Gasteiger charge is -1.96. The number of hydrogen-bond acceptors (Lipinski definition) is 3. The van der Waals surface area contributed by atoms with Gasteiger partial charge in [0.1, 0.15) is 0 Å². The highest BCUT2D eigenvalue weighted by atomic mass is 32.2. The highest BCUT2D eigenvalue weighted by molar-refractivity contribution is 7.91. The molecule has 0 aromatic carbocycles. The van der Waals surface area contributed by atoms with Crippen molar-refractivity contribution in [2.24, 2.45) is 7.05 Å². The molecular weight excluding hydrogens is 214 g/mol. The van der Waals surface area contributed by atoms with Gasteiger partial charge in [0.15, 0.2) is 5.03 Å². The molecule has 0 radical (unpaired) electrons. The second-order valence-corrected chi connectivity index (χ2v) is 4.62. The van der Waals surface area contributed by atoms with E-state index in [1.165, 1.54) is 17.8 Å². The number of rotatable bonds is 3. The molecule has 0 bridgehead atoms. The number of halogens is 2. The van der Waals surface area contributed by atoms with Crippen LogP contribution in [0.2, 0.25) is 0 Å².